The number of benzene rings is 3. The molecule has 4 rings (SSSR count). The SMILES string of the molecule is CCS[C@H]1O[C@@H](C)[C@@H](OCc2ccc(Cl)cc2)[C@@H](OCc2ccc(Cl)cc2)[C@@H]1OCc1ccc(Cl)cc1. The molecule has 1 saturated heterocycles. The van der Waals surface area contributed by atoms with Crippen molar-refractivity contribution in [2.24, 2.45) is 0 Å². The van der Waals surface area contributed by atoms with Crippen LogP contribution in [-0.2, 0) is 38.8 Å². The fourth-order valence-electron chi connectivity index (χ4n) is 4.19. The van der Waals surface area contributed by atoms with Gasteiger partial charge in [-0.05, 0) is 65.8 Å². The molecule has 198 valence electrons. The summed E-state index contributed by atoms with van der Waals surface area (Å²) in [6, 6.07) is 23.0. The summed E-state index contributed by atoms with van der Waals surface area (Å²) in [5, 5.41) is 2.08. The third kappa shape index (κ3) is 8.35. The zero-order valence-corrected chi connectivity index (χ0v) is 23.9. The summed E-state index contributed by atoms with van der Waals surface area (Å²) in [5.74, 6) is 0.887. The van der Waals surface area contributed by atoms with E-state index < -0.39 is 0 Å². The van der Waals surface area contributed by atoms with Gasteiger partial charge in [-0.15, -0.1) is 11.8 Å². The lowest BCUT2D eigenvalue weighted by Gasteiger charge is -2.45. The maximum Gasteiger partial charge on any atom is 0.132 e. The van der Waals surface area contributed by atoms with Crippen LogP contribution in [-0.4, -0.2) is 35.6 Å². The summed E-state index contributed by atoms with van der Waals surface area (Å²) in [6.45, 7) is 5.36. The summed E-state index contributed by atoms with van der Waals surface area (Å²) < 4.78 is 26.0. The Hall–Kier alpha value is -1.28. The zero-order chi connectivity index (χ0) is 26.2. The van der Waals surface area contributed by atoms with Gasteiger partial charge in [0.05, 0.1) is 25.9 Å². The van der Waals surface area contributed by atoms with E-state index in [-0.39, 0.29) is 29.9 Å². The van der Waals surface area contributed by atoms with Crippen LogP contribution in [0, 0.1) is 0 Å². The molecule has 1 fully saturated rings. The molecule has 0 N–H and O–H groups in total. The van der Waals surface area contributed by atoms with Gasteiger partial charge in [0, 0.05) is 15.1 Å². The maximum absolute atomic E-state index is 6.57. The Morgan fingerprint density at radius 3 is 1.41 bits per heavy atom. The molecular formula is C29H31Cl3O4S. The molecular weight excluding hydrogens is 551 g/mol. The van der Waals surface area contributed by atoms with E-state index in [9.17, 15) is 0 Å². The smallest absolute Gasteiger partial charge is 0.132 e. The average molecular weight is 582 g/mol. The molecule has 1 aliphatic rings. The predicted octanol–water partition coefficient (Wildman–Crippen LogP) is 8.20. The highest BCUT2D eigenvalue weighted by atomic mass is 35.5. The molecule has 0 radical (unpaired) electrons. The minimum Gasteiger partial charge on any atom is -0.368 e. The first-order chi connectivity index (χ1) is 17.9. The van der Waals surface area contributed by atoms with Gasteiger partial charge in [0.2, 0.25) is 0 Å². The van der Waals surface area contributed by atoms with Crippen LogP contribution in [0.25, 0.3) is 0 Å². The van der Waals surface area contributed by atoms with E-state index >= 15 is 0 Å². The molecule has 5 atom stereocenters. The third-order valence-corrected chi connectivity index (χ3v) is 7.92. The highest BCUT2D eigenvalue weighted by Crippen LogP contribution is 2.35. The third-order valence-electron chi connectivity index (χ3n) is 6.13. The minimum absolute atomic E-state index is 0.193. The van der Waals surface area contributed by atoms with Gasteiger partial charge in [0.15, 0.2) is 0 Å². The van der Waals surface area contributed by atoms with Crippen LogP contribution >= 0.6 is 46.6 Å². The van der Waals surface area contributed by atoms with Gasteiger partial charge >= 0.3 is 0 Å². The number of halogens is 3. The van der Waals surface area contributed by atoms with E-state index in [0.717, 1.165) is 22.4 Å². The quantitative estimate of drug-likeness (QED) is 0.228. The van der Waals surface area contributed by atoms with E-state index in [0.29, 0.717) is 34.9 Å². The van der Waals surface area contributed by atoms with Crippen molar-refractivity contribution in [2.75, 3.05) is 5.75 Å². The van der Waals surface area contributed by atoms with Crippen molar-refractivity contribution in [2.45, 2.75) is 63.5 Å². The van der Waals surface area contributed by atoms with Gasteiger partial charge in [-0.1, -0.05) is 78.1 Å². The molecule has 8 heteroatoms. The topological polar surface area (TPSA) is 36.9 Å². The lowest BCUT2D eigenvalue weighted by atomic mass is 9.99. The van der Waals surface area contributed by atoms with Crippen LogP contribution < -0.4 is 0 Å². The Morgan fingerprint density at radius 1 is 0.622 bits per heavy atom. The molecule has 0 amide bonds. The Labute approximate surface area is 238 Å². The molecule has 37 heavy (non-hydrogen) atoms. The molecule has 0 unspecified atom stereocenters. The highest BCUT2D eigenvalue weighted by Gasteiger charge is 2.46. The zero-order valence-electron chi connectivity index (χ0n) is 20.8. The number of hydrogen-bond donors (Lipinski definition) is 0. The summed E-state index contributed by atoms with van der Waals surface area (Å²) in [7, 11) is 0. The Kier molecular flexibility index (Phi) is 11.0. The van der Waals surface area contributed by atoms with Crippen molar-refractivity contribution < 1.29 is 18.9 Å². The standard InChI is InChI=1S/C29H31Cl3O4S/c1-3-37-29-28(35-18-22-8-14-25(32)15-9-22)27(34-17-21-6-12-24(31)13-7-21)26(19(2)36-29)33-16-20-4-10-23(30)11-5-20/h4-15,19,26-29H,3,16-18H2,1-2H3/t19-,26+,27+,28-,29+/m0/s1. The molecule has 0 spiro atoms. The molecule has 3 aromatic carbocycles. The van der Waals surface area contributed by atoms with Gasteiger partial charge in [-0.2, -0.15) is 0 Å². The molecule has 3 aromatic rings. The minimum atomic E-state index is -0.358. The van der Waals surface area contributed by atoms with Crippen molar-refractivity contribution in [3.8, 4) is 0 Å². The van der Waals surface area contributed by atoms with Gasteiger partial charge in [0.1, 0.15) is 23.7 Å². The van der Waals surface area contributed by atoms with Crippen LogP contribution in [0.5, 0.6) is 0 Å². The molecule has 0 saturated carbocycles. The first kappa shape index (κ1) is 28.7. The van der Waals surface area contributed by atoms with Gasteiger partial charge in [-0.25, -0.2) is 0 Å². The first-order valence-corrected chi connectivity index (χ1v) is 14.5. The summed E-state index contributed by atoms with van der Waals surface area (Å²) in [5.41, 5.74) is 2.88. The van der Waals surface area contributed by atoms with E-state index in [4.69, 9.17) is 53.8 Å². The summed E-state index contributed by atoms with van der Waals surface area (Å²) >= 11 is 19.9. The largest absolute Gasteiger partial charge is 0.368 e. The Balaban J connectivity index is 1.55. The van der Waals surface area contributed by atoms with Crippen molar-refractivity contribution >= 4 is 46.6 Å². The Morgan fingerprint density at radius 2 is 1.00 bits per heavy atom. The van der Waals surface area contributed by atoms with Crippen LogP contribution in [0.4, 0.5) is 0 Å². The molecule has 4 nitrogen and oxygen atoms in total. The first-order valence-electron chi connectivity index (χ1n) is 12.3. The van der Waals surface area contributed by atoms with E-state index in [1.807, 2.05) is 79.7 Å². The summed E-state index contributed by atoms with van der Waals surface area (Å²) in [4.78, 5) is 0. The average Bonchev–Trinajstić information content (AvgIpc) is 2.89. The second-order valence-electron chi connectivity index (χ2n) is 8.87. The predicted molar refractivity (Wildman–Crippen MR) is 153 cm³/mol. The fourth-order valence-corrected chi connectivity index (χ4v) is 5.57. The number of hydrogen-bond acceptors (Lipinski definition) is 5. The fraction of sp³-hybridized carbons (Fsp3) is 0.379. The monoisotopic (exact) mass is 580 g/mol. The van der Waals surface area contributed by atoms with Gasteiger partial charge in [-0.3, -0.25) is 0 Å². The van der Waals surface area contributed by atoms with Crippen LogP contribution in [0.3, 0.4) is 0 Å². The molecule has 0 aromatic heterocycles. The van der Waals surface area contributed by atoms with E-state index in [2.05, 4.69) is 6.92 Å². The van der Waals surface area contributed by atoms with Crippen LogP contribution in [0.1, 0.15) is 30.5 Å². The van der Waals surface area contributed by atoms with E-state index in [1.165, 1.54) is 0 Å². The lowest BCUT2D eigenvalue weighted by Crippen LogP contribution is -2.58. The number of ether oxygens (including phenoxy) is 4. The second kappa shape index (κ2) is 14.2. The van der Waals surface area contributed by atoms with Gasteiger partial charge < -0.3 is 18.9 Å². The molecule has 0 bridgehead atoms. The van der Waals surface area contributed by atoms with Gasteiger partial charge in [0.25, 0.3) is 0 Å². The summed E-state index contributed by atoms with van der Waals surface area (Å²) in [6.07, 6.45) is -1.24. The number of rotatable bonds is 11. The normalized spacial score (nSPS) is 23.8. The number of thioether (sulfide) groups is 1. The van der Waals surface area contributed by atoms with Crippen molar-refractivity contribution in [3.63, 3.8) is 0 Å². The molecule has 0 aliphatic carbocycles. The van der Waals surface area contributed by atoms with Crippen LogP contribution in [0.2, 0.25) is 15.1 Å². The Bertz CT molecular complexity index is 1100. The second-order valence-corrected chi connectivity index (χ2v) is 11.6. The van der Waals surface area contributed by atoms with Crippen molar-refractivity contribution in [3.05, 3.63) is 105 Å². The maximum atomic E-state index is 6.57. The van der Waals surface area contributed by atoms with Crippen molar-refractivity contribution in [1.29, 1.82) is 0 Å². The lowest BCUT2D eigenvalue weighted by molar-refractivity contribution is -0.242. The highest BCUT2D eigenvalue weighted by molar-refractivity contribution is 7.99. The molecule has 1 heterocycles. The van der Waals surface area contributed by atoms with Crippen LogP contribution in [0.15, 0.2) is 72.8 Å². The molecule has 1 aliphatic heterocycles. The van der Waals surface area contributed by atoms with Crippen molar-refractivity contribution in [1.82, 2.24) is 0 Å². The van der Waals surface area contributed by atoms with E-state index in [1.54, 1.807) is 11.8 Å².